The van der Waals surface area contributed by atoms with Crippen LogP contribution in [0.5, 0.6) is 5.75 Å². The minimum absolute atomic E-state index is 0.194. The number of para-hydroxylation sites is 1. The van der Waals surface area contributed by atoms with Gasteiger partial charge in [-0.2, -0.15) is 0 Å². The van der Waals surface area contributed by atoms with Crippen molar-refractivity contribution in [2.75, 3.05) is 6.54 Å². The molecule has 1 amide bonds. The second-order valence-electron chi connectivity index (χ2n) is 4.97. The quantitative estimate of drug-likeness (QED) is 0.862. The molecule has 0 heterocycles. The zero-order valence-corrected chi connectivity index (χ0v) is 10.4. The van der Waals surface area contributed by atoms with Gasteiger partial charge in [0, 0.05) is 12.1 Å². The van der Waals surface area contributed by atoms with Crippen molar-refractivity contribution in [1.29, 1.82) is 0 Å². The van der Waals surface area contributed by atoms with E-state index in [0.29, 0.717) is 13.0 Å². The van der Waals surface area contributed by atoms with Crippen LogP contribution in [-0.2, 0) is 6.42 Å². The van der Waals surface area contributed by atoms with Gasteiger partial charge >= 0.3 is 0 Å². The molecule has 0 atom stereocenters. The Labute approximate surface area is 101 Å². The molecule has 0 spiro atoms. The molecule has 0 bridgehead atoms. The molecule has 4 nitrogen and oxygen atoms in total. The number of rotatable bonds is 3. The van der Waals surface area contributed by atoms with Crippen molar-refractivity contribution in [3.8, 4) is 5.75 Å². The van der Waals surface area contributed by atoms with Crippen LogP contribution in [-0.4, -0.2) is 28.2 Å². The molecule has 0 aromatic heterocycles. The van der Waals surface area contributed by atoms with Gasteiger partial charge in [-0.25, -0.2) is 0 Å². The van der Waals surface area contributed by atoms with Gasteiger partial charge in [-0.15, -0.1) is 0 Å². The van der Waals surface area contributed by atoms with Gasteiger partial charge in [0.1, 0.15) is 11.8 Å². The maximum atomic E-state index is 11.0. The van der Waals surface area contributed by atoms with E-state index in [2.05, 4.69) is 0 Å². The van der Waals surface area contributed by atoms with Gasteiger partial charge in [0.15, 0.2) is 0 Å². The van der Waals surface area contributed by atoms with Crippen LogP contribution >= 0.6 is 0 Å². The van der Waals surface area contributed by atoms with Crippen LogP contribution in [0.2, 0.25) is 0 Å². The largest absolute Gasteiger partial charge is 0.530 e. The standard InChI is InChI=1S/C13H19NO3/c1-13(2,3)14(12(16)17)9-8-10-6-4-5-7-11(10)15/h4-7,15H,8-9H2,1-3H3,(H,16,17)/p-1. The van der Waals surface area contributed by atoms with Crippen molar-refractivity contribution >= 4 is 6.09 Å². The van der Waals surface area contributed by atoms with Crippen LogP contribution in [0, 0.1) is 0 Å². The van der Waals surface area contributed by atoms with Gasteiger partial charge in [0.25, 0.3) is 0 Å². The number of phenols is 1. The number of nitrogens with zero attached hydrogens (tertiary/aromatic N) is 1. The summed E-state index contributed by atoms with van der Waals surface area (Å²) in [6.45, 7) is 5.75. The number of carbonyl (C=O) groups excluding carboxylic acids is 1. The summed E-state index contributed by atoms with van der Waals surface area (Å²) in [6, 6.07) is 6.93. The SMILES string of the molecule is CC(C)(C)N(CCc1ccccc1O)C(=O)[O-]. The van der Waals surface area contributed by atoms with E-state index < -0.39 is 11.6 Å². The number of phenolic OH excluding ortho intramolecular Hbond substituents is 1. The zero-order valence-electron chi connectivity index (χ0n) is 10.4. The van der Waals surface area contributed by atoms with E-state index in [4.69, 9.17) is 0 Å². The molecule has 0 unspecified atom stereocenters. The molecule has 0 aliphatic rings. The molecular formula is C13H18NO3-. The van der Waals surface area contributed by atoms with Crippen LogP contribution in [0.25, 0.3) is 0 Å². The Balaban J connectivity index is 2.72. The molecule has 17 heavy (non-hydrogen) atoms. The maximum absolute atomic E-state index is 11.0. The second kappa shape index (κ2) is 5.08. The molecule has 94 valence electrons. The number of carbonyl (C=O) groups is 1. The lowest BCUT2D eigenvalue weighted by Gasteiger charge is -2.38. The lowest BCUT2D eigenvalue weighted by molar-refractivity contribution is -0.270. The Hall–Kier alpha value is -1.71. The normalized spacial score (nSPS) is 11.2. The Kier molecular flexibility index (Phi) is 3.99. The molecule has 0 saturated carbocycles. The van der Waals surface area contributed by atoms with Gasteiger partial charge in [-0.1, -0.05) is 18.2 Å². The lowest BCUT2D eigenvalue weighted by atomic mass is 10.0. The molecule has 1 rings (SSSR count). The molecule has 0 fully saturated rings. The van der Waals surface area contributed by atoms with Crippen molar-refractivity contribution in [2.24, 2.45) is 0 Å². The third kappa shape index (κ3) is 3.66. The van der Waals surface area contributed by atoms with Crippen LogP contribution in [0.1, 0.15) is 26.3 Å². The van der Waals surface area contributed by atoms with E-state index >= 15 is 0 Å². The van der Waals surface area contributed by atoms with Crippen molar-refractivity contribution < 1.29 is 15.0 Å². The predicted molar refractivity (Wildman–Crippen MR) is 63.7 cm³/mol. The summed E-state index contributed by atoms with van der Waals surface area (Å²) in [5.41, 5.74) is 0.242. The van der Waals surface area contributed by atoms with Crippen molar-refractivity contribution in [3.63, 3.8) is 0 Å². The van der Waals surface area contributed by atoms with E-state index in [1.54, 1.807) is 18.2 Å². The number of amides is 1. The van der Waals surface area contributed by atoms with E-state index in [1.807, 2.05) is 26.8 Å². The first-order valence-electron chi connectivity index (χ1n) is 5.58. The van der Waals surface area contributed by atoms with Crippen LogP contribution in [0.4, 0.5) is 4.79 Å². The summed E-state index contributed by atoms with van der Waals surface area (Å²) in [5, 5.41) is 20.6. The van der Waals surface area contributed by atoms with Crippen molar-refractivity contribution in [3.05, 3.63) is 29.8 Å². The van der Waals surface area contributed by atoms with Gasteiger partial charge < -0.3 is 19.9 Å². The van der Waals surface area contributed by atoms with Gasteiger partial charge in [0.2, 0.25) is 0 Å². The molecule has 1 aromatic rings. The van der Waals surface area contributed by atoms with Crippen LogP contribution in [0.15, 0.2) is 24.3 Å². The first kappa shape index (κ1) is 13.4. The third-order valence-corrected chi connectivity index (χ3v) is 2.63. The fourth-order valence-corrected chi connectivity index (χ4v) is 1.66. The topological polar surface area (TPSA) is 63.6 Å². The number of benzene rings is 1. The number of hydrogen-bond acceptors (Lipinski definition) is 3. The van der Waals surface area contributed by atoms with Crippen LogP contribution in [0.3, 0.4) is 0 Å². The Morgan fingerprint density at radius 3 is 2.41 bits per heavy atom. The fourth-order valence-electron chi connectivity index (χ4n) is 1.66. The van der Waals surface area contributed by atoms with Crippen molar-refractivity contribution in [1.82, 2.24) is 4.90 Å². The highest BCUT2D eigenvalue weighted by molar-refractivity contribution is 5.63. The van der Waals surface area contributed by atoms with Gasteiger partial charge in [-0.3, -0.25) is 0 Å². The average molecular weight is 236 g/mol. The molecular weight excluding hydrogens is 218 g/mol. The third-order valence-electron chi connectivity index (χ3n) is 2.63. The lowest BCUT2D eigenvalue weighted by Crippen LogP contribution is -2.52. The molecule has 0 saturated heterocycles. The smallest absolute Gasteiger partial charge is 0.137 e. The van der Waals surface area contributed by atoms with E-state index in [9.17, 15) is 15.0 Å². The molecule has 4 heteroatoms. The fraction of sp³-hybridized carbons (Fsp3) is 0.462. The average Bonchev–Trinajstić information content (AvgIpc) is 2.18. The summed E-state index contributed by atoms with van der Waals surface area (Å²) >= 11 is 0. The van der Waals surface area contributed by atoms with E-state index in [0.717, 1.165) is 5.56 Å². The zero-order chi connectivity index (χ0) is 13.1. The molecule has 0 aliphatic heterocycles. The summed E-state index contributed by atoms with van der Waals surface area (Å²) in [5.74, 6) is 0.194. The Morgan fingerprint density at radius 1 is 1.35 bits per heavy atom. The highest BCUT2D eigenvalue weighted by atomic mass is 16.4. The Bertz CT molecular complexity index is 396. The maximum Gasteiger partial charge on any atom is 0.137 e. The monoisotopic (exact) mass is 236 g/mol. The van der Waals surface area contributed by atoms with E-state index in [1.165, 1.54) is 4.90 Å². The summed E-state index contributed by atoms with van der Waals surface area (Å²) in [4.78, 5) is 12.3. The summed E-state index contributed by atoms with van der Waals surface area (Å²) in [6.07, 6.45) is -0.717. The number of aromatic hydroxyl groups is 1. The highest BCUT2D eigenvalue weighted by Gasteiger charge is 2.20. The first-order chi connectivity index (χ1) is 7.82. The molecule has 0 aliphatic carbocycles. The summed E-state index contributed by atoms with van der Waals surface area (Å²) < 4.78 is 0. The second-order valence-corrected chi connectivity index (χ2v) is 4.97. The molecule has 0 radical (unpaired) electrons. The number of carboxylic acid groups (broad SMARTS) is 1. The molecule has 1 aromatic carbocycles. The minimum Gasteiger partial charge on any atom is -0.530 e. The molecule has 1 N–H and O–H groups in total. The minimum atomic E-state index is -1.19. The van der Waals surface area contributed by atoms with Crippen LogP contribution < -0.4 is 5.11 Å². The summed E-state index contributed by atoms with van der Waals surface area (Å²) in [7, 11) is 0. The van der Waals surface area contributed by atoms with Gasteiger partial charge in [-0.05, 0) is 38.8 Å². The highest BCUT2D eigenvalue weighted by Crippen LogP contribution is 2.19. The predicted octanol–water partition coefficient (Wildman–Crippen LogP) is 1.38. The van der Waals surface area contributed by atoms with Gasteiger partial charge in [0.05, 0.1) is 0 Å². The number of hydrogen-bond donors (Lipinski definition) is 1. The Morgan fingerprint density at radius 2 is 1.94 bits per heavy atom. The van der Waals surface area contributed by atoms with Crippen molar-refractivity contribution in [2.45, 2.75) is 32.7 Å². The first-order valence-corrected chi connectivity index (χ1v) is 5.58. The van der Waals surface area contributed by atoms with E-state index in [-0.39, 0.29) is 5.75 Å².